The van der Waals surface area contributed by atoms with Crippen LogP contribution in [0.3, 0.4) is 0 Å². The summed E-state index contributed by atoms with van der Waals surface area (Å²) in [7, 11) is 0. The van der Waals surface area contributed by atoms with Crippen molar-refractivity contribution in [1.82, 2.24) is 0 Å². The quantitative estimate of drug-likeness (QED) is 0.793. The summed E-state index contributed by atoms with van der Waals surface area (Å²) in [5.41, 5.74) is 1.32. The summed E-state index contributed by atoms with van der Waals surface area (Å²) in [5, 5.41) is 10.0. The molecule has 0 amide bonds. The summed E-state index contributed by atoms with van der Waals surface area (Å²) in [6.45, 7) is 0.854. The third kappa shape index (κ3) is 1.58. The number of ether oxygens (including phenoxy) is 1. The Hall–Kier alpha value is -0.860. The molecule has 2 nitrogen and oxygen atoms in total. The molecule has 2 heteroatoms. The van der Waals surface area contributed by atoms with Crippen molar-refractivity contribution in [1.29, 1.82) is 0 Å². The van der Waals surface area contributed by atoms with Crippen molar-refractivity contribution < 1.29 is 9.84 Å². The highest BCUT2D eigenvalue weighted by Crippen LogP contribution is 2.41. The molecular formula is C13H16O2. The summed E-state index contributed by atoms with van der Waals surface area (Å²) < 4.78 is 5.38. The summed E-state index contributed by atoms with van der Waals surface area (Å²) in [4.78, 5) is 0. The van der Waals surface area contributed by atoms with Crippen LogP contribution in [-0.2, 0) is 11.2 Å². The van der Waals surface area contributed by atoms with Gasteiger partial charge in [-0.05, 0) is 24.3 Å². The highest BCUT2D eigenvalue weighted by Gasteiger charge is 2.48. The molecule has 1 unspecified atom stereocenters. The van der Waals surface area contributed by atoms with E-state index < -0.39 is 0 Å². The highest BCUT2D eigenvalue weighted by atomic mass is 16.5. The minimum Gasteiger partial charge on any atom is -0.390 e. The van der Waals surface area contributed by atoms with Crippen molar-refractivity contribution in [2.24, 2.45) is 11.8 Å². The third-order valence-corrected chi connectivity index (χ3v) is 3.73. The summed E-state index contributed by atoms with van der Waals surface area (Å²) >= 11 is 0. The monoisotopic (exact) mass is 204 g/mol. The maximum Gasteiger partial charge on any atom is 0.0887 e. The van der Waals surface area contributed by atoms with Crippen LogP contribution >= 0.6 is 0 Å². The molecule has 0 bridgehead atoms. The highest BCUT2D eigenvalue weighted by molar-refractivity contribution is 5.16. The molecule has 0 aromatic heterocycles. The number of fused-ring (bicyclic) bond motifs is 1. The first-order chi connectivity index (χ1) is 7.34. The molecule has 1 aromatic rings. The van der Waals surface area contributed by atoms with Gasteiger partial charge in [0.25, 0.3) is 0 Å². The van der Waals surface area contributed by atoms with Gasteiger partial charge in [0.2, 0.25) is 0 Å². The summed E-state index contributed by atoms with van der Waals surface area (Å²) in [6, 6.07) is 10.4. The Morgan fingerprint density at radius 2 is 2.07 bits per heavy atom. The number of rotatable bonds is 2. The first-order valence-electron chi connectivity index (χ1n) is 5.68. The Labute approximate surface area is 89.9 Å². The van der Waals surface area contributed by atoms with E-state index in [0.717, 1.165) is 19.4 Å². The lowest BCUT2D eigenvalue weighted by atomic mass is 9.96. The fraction of sp³-hybridized carbons (Fsp3) is 0.538. The molecule has 2 aliphatic rings. The molecule has 1 aliphatic carbocycles. The molecule has 3 rings (SSSR count). The second kappa shape index (κ2) is 3.62. The molecular weight excluding hydrogens is 188 g/mol. The van der Waals surface area contributed by atoms with E-state index in [1.54, 1.807) is 0 Å². The molecule has 2 fully saturated rings. The van der Waals surface area contributed by atoms with Gasteiger partial charge < -0.3 is 9.84 Å². The minimum atomic E-state index is -0.246. The Balaban J connectivity index is 1.69. The van der Waals surface area contributed by atoms with Crippen LogP contribution in [0, 0.1) is 11.8 Å². The van der Waals surface area contributed by atoms with Gasteiger partial charge >= 0.3 is 0 Å². The second-order valence-corrected chi connectivity index (χ2v) is 4.73. The Morgan fingerprint density at radius 3 is 2.60 bits per heavy atom. The van der Waals surface area contributed by atoms with Gasteiger partial charge in [-0.1, -0.05) is 30.3 Å². The van der Waals surface area contributed by atoms with Crippen LogP contribution in [0.4, 0.5) is 0 Å². The van der Waals surface area contributed by atoms with Crippen molar-refractivity contribution in [3.8, 4) is 0 Å². The predicted octanol–water partition coefficient (Wildman–Crippen LogP) is 1.62. The molecule has 80 valence electrons. The Morgan fingerprint density at radius 1 is 1.27 bits per heavy atom. The fourth-order valence-corrected chi connectivity index (χ4v) is 2.84. The van der Waals surface area contributed by atoms with Crippen molar-refractivity contribution in [2.75, 3.05) is 6.61 Å². The van der Waals surface area contributed by atoms with Gasteiger partial charge in [-0.25, -0.2) is 0 Å². The van der Waals surface area contributed by atoms with Crippen LogP contribution in [0.15, 0.2) is 30.3 Å². The van der Waals surface area contributed by atoms with Crippen LogP contribution in [0.2, 0.25) is 0 Å². The van der Waals surface area contributed by atoms with Crippen LogP contribution < -0.4 is 0 Å². The molecule has 1 heterocycles. The topological polar surface area (TPSA) is 29.5 Å². The van der Waals surface area contributed by atoms with Gasteiger partial charge in [-0.3, -0.25) is 0 Å². The molecule has 1 aromatic carbocycles. The molecule has 1 N–H and O–H groups in total. The van der Waals surface area contributed by atoms with Gasteiger partial charge in [0.15, 0.2) is 0 Å². The van der Waals surface area contributed by atoms with E-state index in [1.807, 2.05) is 6.07 Å². The SMILES string of the molecule is O[C@@H]1C2OC[C@@H]2C[C@@H]1Cc1ccccc1. The number of hydrogen-bond acceptors (Lipinski definition) is 2. The second-order valence-electron chi connectivity index (χ2n) is 4.73. The lowest BCUT2D eigenvalue weighted by Crippen LogP contribution is -2.42. The van der Waals surface area contributed by atoms with Gasteiger partial charge in [0, 0.05) is 5.92 Å². The zero-order chi connectivity index (χ0) is 10.3. The molecule has 0 radical (unpaired) electrons. The lowest BCUT2D eigenvalue weighted by molar-refractivity contribution is -0.138. The van der Waals surface area contributed by atoms with Gasteiger partial charge in [-0.2, -0.15) is 0 Å². The van der Waals surface area contributed by atoms with E-state index in [-0.39, 0.29) is 12.2 Å². The Kier molecular flexibility index (Phi) is 2.26. The molecule has 4 atom stereocenters. The molecule has 1 saturated carbocycles. The first-order valence-corrected chi connectivity index (χ1v) is 5.68. The molecule has 0 spiro atoms. The van der Waals surface area contributed by atoms with Crippen LogP contribution in [0.5, 0.6) is 0 Å². The summed E-state index contributed by atoms with van der Waals surface area (Å²) in [5.74, 6) is 1.01. The first kappa shape index (κ1) is 9.37. The zero-order valence-electron chi connectivity index (χ0n) is 8.67. The van der Waals surface area contributed by atoms with Crippen LogP contribution in [0.25, 0.3) is 0 Å². The van der Waals surface area contributed by atoms with Crippen molar-refractivity contribution >= 4 is 0 Å². The minimum absolute atomic E-state index is 0.138. The van der Waals surface area contributed by atoms with Crippen LogP contribution in [-0.4, -0.2) is 23.9 Å². The number of hydrogen-bond donors (Lipinski definition) is 1. The van der Waals surface area contributed by atoms with Crippen molar-refractivity contribution in [3.05, 3.63) is 35.9 Å². The van der Waals surface area contributed by atoms with Crippen molar-refractivity contribution in [3.63, 3.8) is 0 Å². The van der Waals surface area contributed by atoms with E-state index in [9.17, 15) is 5.11 Å². The van der Waals surface area contributed by atoms with Crippen LogP contribution in [0.1, 0.15) is 12.0 Å². The van der Waals surface area contributed by atoms with Gasteiger partial charge in [-0.15, -0.1) is 0 Å². The van der Waals surface area contributed by atoms with E-state index in [1.165, 1.54) is 5.56 Å². The number of aliphatic hydroxyl groups is 1. The summed E-state index contributed by atoms with van der Waals surface area (Å²) in [6.07, 6.45) is 2.00. The zero-order valence-corrected chi connectivity index (χ0v) is 8.67. The standard InChI is InChI=1S/C13H16O2/c14-12-10(7-11-8-15-13(11)12)6-9-4-2-1-3-5-9/h1-5,10-14H,6-8H2/t10-,11-,12-,13?/m0/s1. The largest absolute Gasteiger partial charge is 0.390 e. The molecule has 15 heavy (non-hydrogen) atoms. The van der Waals surface area contributed by atoms with E-state index in [4.69, 9.17) is 4.74 Å². The molecule has 1 saturated heterocycles. The maximum absolute atomic E-state index is 10.0. The third-order valence-electron chi connectivity index (χ3n) is 3.73. The average molecular weight is 204 g/mol. The van der Waals surface area contributed by atoms with Crippen molar-refractivity contribution in [2.45, 2.75) is 25.0 Å². The predicted molar refractivity (Wildman–Crippen MR) is 57.5 cm³/mol. The van der Waals surface area contributed by atoms with Gasteiger partial charge in [0.1, 0.15) is 0 Å². The van der Waals surface area contributed by atoms with E-state index in [2.05, 4.69) is 24.3 Å². The molecule has 1 aliphatic heterocycles. The van der Waals surface area contributed by atoms with Gasteiger partial charge in [0.05, 0.1) is 18.8 Å². The van der Waals surface area contributed by atoms with E-state index >= 15 is 0 Å². The smallest absolute Gasteiger partial charge is 0.0887 e. The fourth-order valence-electron chi connectivity index (χ4n) is 2.84. The Bertz CT molecular complexity index is 336. The van der Waals surface area contributed by atoms with E-state index in [0.29, 0.717) is 11.8 Å². The lowest BCUT2D eigenvalue weighted by Gasteiger charge is -2.32. The number of benzene rings is 1. The maximum atomic E-state index is 10.0. The average Bonchev–Trinajstić information content (AvgIpc) is 2.42. The number of aliphatic hydroxyl groups excluding tert-OH is 1. The normalized spacial score (nSPS) is 38.5.